The van der Waals surface area contributed by atoms with E-state index in [4.69, 9.17) is 15.0 Å². The number of amides is 1. The maximum absolute atomic E-state index is 12.3. The van der Waals surface area contributed by atoms with Gasteiger partial charge in [-0.2, -0.15) is 10.2 Å². The molecule has 10 nitrogen and oxygen atoms in total. The summed E-state index contributed by atoms with van der Waals surface area (Å²) in [6.07, 6.45) is 5.44. The molecule has 4 aromatic rings. The summed E-state index contributed by atoms with van der Waals surface area (Å²) in [6, 6.07) is 18.0. The summed E-state index contributed by atoms with van der Waals surface area (Å²) >= 11 is 0. The molecule has 2 N–H and O–H groups in total. The van der Waals surface area contributed by atoms with Crippen LogP contribution in [-0.4, -0.2) is 65.2 Å². The number of nitrogens with zero attached hydrogens (tertiary/aromatic N) is 6. The lowest BCUT2D eigenvalue weighted by molar-refractivity contribution is -0.111. The van der Waals surface area contributed by atoms with E-state index in [-0.39, 0.29) is 5.91 Å². The Labute approximate surface area is 227 Å². The first-order valence-electron chi connectivity index (χ1n) is 12.8. The lowest BCUT2D eigenvalue weighted by Crippen LogP contribution is -2.46. The lowest BCUT2D eigenvalue weighted by atomic mass is 10.1. The third-order valence-corrected chi connectivity index (χ3v) is 6.75. The predicted molar refractivity (Wildman–Crippen MR) is 153 cm³/mol. The van der Waals surface area contributed by atoms with Crippen LogP contribution in [0.3, 0.4) is 0 Å². The molecule has 0 bridgehead atoms. The first-order chi connectivity index (χ1) is 19.1. The fourth-order valence-electron chi connectivity index (χ4n) is 4.75. The van der Waals surface area contributed by atoms with Gasteiger partial charge in [0, 0.05) is 57.6 Å². The third-order valence-electron chi connectivity index (χ3n) is 6.75. The van der Waals surface area contributed by atoms with Gasteiger partial charge in [0.2, 0.25) is 11.9 Å². The first-order valence-corrected chi connectivity index (χ1v) is 12.8. The molecule has 0 unspecified atom stereocenters. The van der Waals surface area contributed by atoms with Crippen LogP contribution < -0.4 is 20.3 Å². The number of piperazine rings is 1. The zero-order valence-electron chi connectivity index (χ0n) is 21.8. The second-order valence-electron chi connectivity index (χ2n) is 9.11. The molecule has 0 spiro atoms. The second kappa shape index (κ2) is 11.7. The molecule has 1 fully saturated rings. The number of methoxy groups -OCH3 is 1. The number of fused-ring (bicyclic) bond motifs is 1. The molecular weight excluding hydrogens is 492 g/mol. The topological polar surface area (TPSA) is 111 Å². The molecule has 0 radical (unpaired) electrons. The van der Waals surface area contributed by atoms with Crippen LogP contribution in [0, 0.1) is 11.3 Å². The maximum atomic E-state index is 12.3. The summed E-state index contributed by atoms with van der Waals surface area (Å²) in [6.45, 7) is 7.52. The number of nitriles is 1. The summed E-state index contributed by atoms with van der Waals surface area (Å²) in [4.78, 5) is 26.0. The van der Waals surface area contributed by atoms with Crippen LogP contribution in [0.5, 0.6) is 5.75 Å². The largest absolute Gasteiger partial charge is 0.494 e. The molecule has 1 amide bonds. The van der Waals surface area contributed by atoms with E-state index in [0.29, 0.717) is 29.5 Å². The molecule has 0 aliphatic carbocycles. The highest BCUT2D eigenvalue weighted by molar-refractivity contribution is 6.02. The van der Waals surface area contributed by atoms with E-state index < -0.39 is 0 Å². The Kier molecular flexibility index (Phi) is 7.70. The van der Waals surface area contributed by atoms with Crippen molar-refractivity contribution >= 4 is 39.8 Å². The molecule has 39 heavy (non-hydrogen) atoms. The van der Waals surface area contributed by atoms with E-state index in [9.17, 15) is 4.79 Å². The Bertz CT molecular complexity index is 1530. The van der Waals surface area contributed by atoms with Crippen molar-refractivity contribution in [1.29, 1.82) is 5.26 Å². The Hall–Kier alpha value is -4.88. The number of ether oxygens (including phenoxy) is 1. The molecule has 2 aromatic carbocycles. The summed E-state index contributed by atoms with van der Waals surface area (Å²) in [5.74, 6) is 1.40. The minimum absolute atomic E-state index is 0.308. The summed E-state index contributed by atoms with van der Waals surface area (Å²) in [5, 5.41) is 16.2. The van der Waals surface area contributed by atoms with Gasteiger partial charge in [-0.25, -0.2) is 4.98 Å². The van der Waals surface area contributed by atoms with E-state index >= 15 is 0 Å². The van der Waals surface area contributed by atoms with Gasteiger partial charge in [-0.3, -0.25) is 9.69 Å². The van der Waals surface area contributed by atoms with Crippen molar-refractivity contribution in [3.63, 3.8) is 0 Å². The number of aromatic nitrogens is 3. The molecule has 10 heteroatoms. The number of carbonyl (C=O) groups is 1. The Morgan fingerprint density at radius 3 is 2.74 bits per heavy atom. The highest BCUT2D eigenvalue weighted by Gasteiger charge is 2.22. The van der Waals surface area contributed by atoms with Crippen LogP contribution in [0.4, 0.5) is 23.0 Å². The van der Waals surface area contributed by atoms with Crippen LogP contribution in [0.1, 0.15) is 6.42 Å². The molecule has 0 atom stereocenters. The summed E-state index contributed by atoms with van der Waals surface area (Å²) < 4.78 is 7.75. The van der Waals surface area contributed by atoms with Gasteiger partial charge in [0.25, 0.3) is 0 Å². The Morgan fingerprint density at radius 1 is 1.15 bits per heavy atom. The number of nitrogens with one attached hydrogen (secondary N) is 2. The van der Waals surface area contributed by atoms with Crippen LogP contribution >= 0.6 is 0 Å². The fourth-order valence-corrected chi connectivity index (χ4v) is 4.75. The van der Waals surface area contributed by atoms with Crippen molar-refractivity contribution in [2.75, 3.05) is 55.4 Å². The van der Waals surface area contributed by atoms with Gasteiger partial charge >= 0.3 is 0 Å². The number of hydrogen-bond donors (Lipinski definition) is 2. The van der Waals surface area contributed by atoms with Gasteiger partial charge in [-0.15, -0.1) is 0 Å². The van der Waals surface area contributed by atoms with Crippen molar-refractivity contribution in [1.82, 2.24) is 19.4 Å². The van der Waals surface area contributed by atoms with Crippen molar-refractivity contribution in [2.45, 2.75) is 6.42 Å². The zero-order valence-corrected chi connectivity index (χ0v) is 21.8. The highest BCUT2D eigenvalue weighted by atomic mass is 16.5. The van der Waals surface area contributed by atoms with Crippen molar-refractivity contribution in [3.8, 4) is 17.6 Å². The van der Waals surface area contributed by atoms with Crippen molar-refractivity contribution in [3.05, 3.63) is 73.6 Å². The SMILES string of the molecule is C=CC(=O)Nc1cc(Nc2nccc(-n3ccc4ccccc43)n2)c(OC)cc1N1CCN(CCC#N)CC1. The summed E-state index contributed by atoms with van der Waals surface area (Å²) in [5.41, 5.74) is 3.14. The van der Waals surface area contributed by atoms with E-state index in [1.54, 1.807) is 13.3 Å². The molecular formula is C29H30N8O2. The van der Waals surface area contributed by atoms with E-state index in [1.807, 2.05) is 53.2 Å². The smallest absolute Gasteiger partial charge is 0.247 e. The lowest BCUT2D eigenvalue weighted by Gasteiger charge is -2.37. The minimum Gasteiger partial charge on any atom is -0.494 e. The van der Waals surface area contributed by atoms with Crippen molar-refractivity contribution in [2.24, 2.45) is 0 Å². The number of carbonyl (C=O) groups excluding carboxylic acids is 1. The van der Waals surface area contributed by atoms with Gasteiger partial charge in [0.15, 0.2) is 0 Å². The van der Waals surface area contributed by atoms with E-state index in [1.165, 1.54) is 6.08 Å². The second-order valence-corrected chi connectivity index (χ2v) is 9.11. The van der Waals surface area contributed by atoms with Crippen LogP contribution in [0.15, 0.2) is 73.6 Å². The number of para-hydroxylation sites is 1. The number of rotatable bonds is 9. The van der Waals surface area contributed by atoms with Gasteiger partial charge < -0.3 is 24.8 Å². The zero-order chi connectivity index (χ0) is 27.2. The van der Waals surface area contributed by atoms with Crippen LogP contribution in [-0.2, 0) is 4.79 Å². The Morgan fingerprint density at radius 2 is 1.97 bits per heavy atom. The van der Waals surface area contributed by atoms with Crippen molar-refractivity contribution < 1.29 is 9.53 Å². The average Bonchev–Trinajstić information content (AvgIpc) is 3.41. The molecule has 2 aromatic heterocycles. The first kappa shape index (κ1) is 25.8. The van der Waals surface area contributed by atoms with Gasteiger partial charge in [-0.1, -0.05) is 24.8 Å². The maximum Gasteiger partial charge on any atom is 0.247 e. The number of anilines is 4. The molecule has 198 valence electrons. The van der Waals surface area contributed by atoms with Gasteiger partial charge in [0.05, 0.1) is 35.8 Å². The van der Waals surface area contributed by atoms with E-state index in [2.05, 4.69) is 44.1 Å². The van der Waals surface area contributed by atoms with E-state index in [0.717, 1.165) is 55.1 Å². The average molecular weight is 523 g/mol. The molecule has 1 saturated heterocycles. The standard InChI is InChI=1S/C29H30N8O2/c1-3-28(38)32-22-19-23(26(39-2)20-25(22)36-17-15-35(16-18-36)13-6-11-30)33-29-31-12-9-27(34-29)37-14-10-21-7-4-5-8-24(21)37/h3-5,7-10,12,14,19-20H,1,6,13,15-18H2,2H3,(H,32,38)(H,31,33,34). The predicted octanol–water partition coefficient (Wildman–Crippen LogP) is 4.33. The third kappa shape index (κ3) is 5.68. The van der Waals surface area contributed by atoms with Gasteiger partial charge in [-0.05, 0) is 35.7 Å². The number of benzene rings is 2. The minimum atomic E-state index is -0.308. The van der Waals surface area contributed by atoms with Gasteiger partial charge in [0.1, 0.15) is 11.6 Å². The molecule has 5 rings (SSSR count). The molecule has 1 aliphatic heterocycles. The molecule has 1 aliphatic rings. The fraction of sp³-hybridized carbons (Fsp3) is 0.241. The van der Waals surface area contributed by atoms with Crippen LogP contribution in [0.25, 0.3) is 16.7 Å². The normalized spacial score (nSPS) is 13.6. The molecule has 3 heterocycles. The Balaban J connectivity index is 1.44. The quantitative estimate of drug-likeness (QED) is 0.313. The molecule has 0 saturated carbocycles. The highest BCUT2D eigenvalue weighted by Crippen LogP contribution is 2.38. The number of hydrogen-bond acceptors (Lipinski definition) is 8. The van der Waals surface area contributed by atoms with Crippen LogP contribution in [0.2, 0.25) is 0 Å². The summed E-state index contributed by atoms with van der Waals surface area (Å²) in [7, 11) is 1.61. The monoisotopic (exact) mass is 522 g/mol.